The van der Waals surface area contributed by atoms with E-state index in [1.165, 1.54) is 24.6 Å². The Bertz CT molecular complexity index is 883. The van der Waals surface area contributed by atoms with E-state index in [1.807, 2.05) is 0 Å². The molecule has 0 saturated heterocycles. The van der Waals surface area contributed by atoms with Gasteiger partial charge in [-0.3, -0.25) is 9.48 Å². The molecule has 1 aliphatic carbocycles. The molecule has 2 aromatic rings. The topological polar surface area (TPSA) is 111 Å². The first kappa shape index (κ1) is 18.1. The van der Waals surface area contributed by atoms with Crippen LogP contribution in [0.1, 0.15) is 61.4 Å². The standard InChI is InChI=1S/C17H19N3O5S/c1-3-25-17(24)12-9-6-4-5-7-11(9)26-15(12)19-14(21)10-8-18-20(2)13(10)16(22)23/h8H,3-7H2,1-2H3,(H,19,21)(H,22,23). The van der Waals surface area contributed by atoms with Crippen LogP contribution in [-0.2, 0) is 24.6 Å². The number of thiophene rings is 1. The number of aromatic nitrogens is 2. The Hall–Kier alpha value is -2.68. The number of hydrogen-bond acceptors (Lipinski definition) is 6. The largest absolute Gasteiger partial charge is 0.477 e. The molecule has 2 aromatic heterocycles. The first-order valence-electron chi connectivity index (χ1n) is 8.32. The van der Waals surface area contributed by atoms with E-state index in [1.54, 1.807) is 6.92 Å². The van der Waals surface area contributed by atoms with Gasteiger partial charge < -0.3 is 15.2 Å². The summed E-state index contributed by atoms with van der Waals surface area (Å²) < 4.78 is 6.28. The number of anilines is 1. The number of carboxylic acid groups (broad SMARTS) is 1. The van der Waals surface area contributed by atoms with E-state index in [0.29, 0.717) is 10.6 Å². The van der Waals surface area contributed by atoms with Gasteiger partial charge in [0.2, 0.25) is 0 Å². The first-order chi connectivity index (χ1) is 12.4. The Labute approximate surface area is 153 Å². The molecular weight excluding hydrogens is 358 g/mol. The van der Waals surface area contributed by atoms with Gasteiger partial charge in [0.25, 0.3) is 5.91 Å². The van der Waals surface area contributed by atoms with Gasteiger partial charge in [-0.05, 0) is 38.2 Å². The Morgan fingerprint density at radius 3 is 2.77 bits per heavy atom. The smallest absolute Gasteiger partial charge is 0.354 e. The Morgan fingerprint density at radius 1 is 1.35 bits per heavy atom. The third-order valence-electron chi connectivity index (χ3n) is 4.26. The maximum Gasteiger partial charge on any atom is 0.354 e. The van der Waals surface area contributed by atoms with E-state index in [0.717, 1.165) is 40.8 Å². The minimum Gasteiger partial charge on any atom is -0.477 e. The van der Waals surface area contributed by atoms with Gasteiger partial charge in [0.05, 0.1) is 23.9 Å². The van der Waals surface area contributed by atoms with Gasteiger partial charge >= 0.3 is 11.9 Å². The SMILES string of the molecule is CCOC(=O)c1c(NC(=O)c2cnn(C)c2C(=O)O)sc2c1CCCC2. The van der Waals surface area contributed by atoms with Crippen LogP contribution in [0, 0.1) is 0 Å². The molecule has 0 spiro atoms. The number of hydrogen-bond donors (Lipinski definition) is 2. The lowest BCUT2D eigenvalue weighted by Crippen LogP contribution is -2.18. The predicted octanol–water partition coefficient (Wildman–Crippen LogP) is 2.49. The number of amides is 1. The summed E-state index contributed by atoms with van der Waals surface area (Å²) in [6, 6.07) is 0. The van der Waals surface area contributed by atoms with Crippen LogP contribution < -0.4 is 5.32 Å². The average molecular weight is 377 g/mol. The Balaban J connectivity index is 1.97. The van der Waals surface area contributed by atoms with Crippen LogP contribution in [0.25, 0.3) is 0 Å². The zero-order valence-corrected chi connectivity index (χ0v) is 15.3. The van der Waals surface area contributed by atoms with Gasteiger partial charge in [-0.15, -0.1) is 11.3 Å². The Kier molecular flexibility index (Phi) is 5.08. The lowest BCUT2D eigenvalue weighted by molar-refractivity contribution is 0.0526. The molecule has 2 N–H and O–H groups in total. The van der Waals surface area contributed by atoms with Crippen molar-refractivity contribution in [3.05, 3.63) is 33.5 Å². The quantitative estimate of drug-likeness (QED) is 0.775. The van der Waals surface area contributed by atoms with Crippen LogP contribution >= 0.6 is 11.3 Å². The molecule has 9 heteroatoms. The van der Waals surface area contributed by atoms with Crippen molar-refractivity contribution in [3.8, 4) is 0 Å². The third kappa shape index (κ3) is 3.22. The van der Waals surface area contributed by atoms with Crippen molar-refractivity contribution >= 4 is 34.2 Å². The number of nitrogens with zero attached hydrogens (tertiary/aromatic N) is 2. The maximum atomic E-state index is 12.6. The second-order valence-electron chi connectivity index (χ2n) is 5.93. The van der Waals surface area contributed by atoms with Gasteiger partial charge in [0.15, 0.2) is 5.69 Å². The second-order valence-corrected chi connectivity index (χ2v) is 7.03. The molecule has 2 heterocycles. The number of esters is 1. The maximum absolute atomic E-state index is 12.6. The van der Waals surface area contributed by atoms with Crippen molar-refractivity contribution < 1.29 is 24.2 Å². The highest BCUT2D eigenvalue weighted by atomic mass is 32.1. The van der Waals surface area contributed by atoms with Gasteiger partial charge in [-0.2, -0.15) is 5.10 Å². The van der Waals surface area contributed by atoms with Crippen LogP contribution in [0.5, 0.6) is 0 Å². The van der Waals surface area contributed by atoms with Crippen LogP contribution in [-0.4, -0.2) is 39.3 Å². The van der Waals surface area contributed by atoms with E-state index in [9.17, 15) is 19.5 Å². The summed E-state index contributed by atoms with van der Waals surface area (Å²) in [5, 5.41) is 16.2. The molecule has 0 radical (unpaired) electrons. The molecule has 3 rings (SSSR count). The van der Waals surface area contributed by atoms with Gasteiger partial charge in [0, 0.05) is 11.9 Å². The highest BCUT2D eigenvalue weighted by molar-refractivity contribution is 7.17. The zero-order chi connectivity index (χ0) is 18.8. The van der Waals surface area contributed by atoms with Crippen molar-refractivity contribution in [2.24, 2.45) is 7.05 Å². The summed E-state index contributed by atoms with van der Waals surface area (Å²) >= 11 is 1.35. The molecule has 138 valence electrons. The second kappa shape index (κ2) is 7.28. The van der Waals surface area contributed by atoms with E-state index in [2.05, 4.69) is 10.4 Å². The van der Waals surface area contributed by atoms with Crippen molar-refractivity contribution in [2.45, 2.75) is 32.6 Å². The number of carboxylic acids is 1. The van der Waals surface area contributed by atoms with Crippen molar-refractivity contribution in [1.82, 2.24) is 9.78 Å². The highest BCUT2D eigenvalue weighted by Gasteiger charge is 2.29. The number of carbonyl (C=O) groups excluding carboxylic acids is 2. The lowest BCUT2D eigenvalue weighted by atomic mass is 9.95. The fourth-order valence-corrected chi connectivity index (χ4v) is 4.37. The van der Waals surface area contributed by atoms with E-state index in [-0.39, 0.29) is 17.9 Å². The van der Waals surface area contributed by atoms with Crippen molar-refractivity contribution in [2.75, 3.05) is 11.9 Å². The number of aryl methyl sites for hydroxylation is 2. The molecular formula is C17H19N3O5S. The number of ether oxygens (including phenoxy) is 1. The van der Waals surface area contributed by atoms with Crippen LogP contribution in [0.15, 0.2) is 6.20 Å². The minimum absolute atomic E-state index is 0.0545. The van der Waals surface area contributed by atoms with E-state index >= 15 is 0 Å². The summed E-state index contributed by atoms with van der Waals surface area (Å²) in [5.41, 5.74) is 1.06. The first-order valence-corrected chi connectivity index (χ1v) is 9.14. The van der Waals surface area contributed by atoms with Gasteiger partial charge in [-0.1, -0.05) is 0 Å². The molecule has 26 heavy (non-hydrogen) atoms. The fraction of sp³-hybridized carbons (Fsp3) is 0.412. The molecule has 1 amide bonds. The summed E-state index contributed by atoms with van der Waals surface area (Å²) in [6.45, 7) is 1.96. The number of aromatic carboxylic acids is 1. The molecule has 0 unspecified atom stereocenters. The molecule has 0 bridgehead atoms. The average Bonchev–Trinajstić information content (AvgIpc) is 3.15. The van der Waals surface area contributed by atoms with Gasteiger partial charge in [0.1, 0.15) is 5.00 Å². The summed E-state index contributed by atoms with van der Waals surface area (Å²) in [6.07, 6.45) is 4.85. The van der Waals surface area contributed by atoms with Gasteiger partial charge in [-0.25, -0.2) is 9.59 Å². The van der Waals surface area contributed by atoms with Crippen molar-refractivity contribution in [1.29, 1.82) is 0 Å². The Morgan fingerprint density at radius 2 is 2.08 bits per heavy atom. The highest BCUT2D eigenvalue weighted by Crippen LogP contribution is 2.38. The molecule has 8 nitrogen and oxygen atoms in total. The summed E-state index contributed by atoms with van der Waals surface area (Å²) in [7, 11) is 1.45. The van der Waals surface area contributed by atoms with Crippen LogP contribution in [0.2, 0.25) is 0 Å². The van der Waals surface area contributed by atoms with Crippen LogP contribution in [0.4, 0.5) is 5.00 Å². The fourth-order valence-electron chi connectivity index (χ4n) is 3.10. The van der Waals surface area contributed by atoms with Crippen LogP contribution in [0.3, 0.4) is 0 Å². The molecule has 0 aliphatic heterocycles. The monoisotopic (exact) mass is 377 g/mol. The van der Waals surface area contributed by atoms with E-state index < -0.39 is 17.8 Å². The summed E-state index contributed by atoms with van der Waals surface area (Å²) in [4.78, 5) is 37.5. The summed E-state index contributed by atoms with van der Waals surface area (Å²) in [5.74, 6) is -2.32. The number of rotatable bonds is 5. The number of nitrogens with one attached hydrogen (secondary N) is 1. The molecule has 0 aromatic carbocycles. The molecule has 1 aliphatic rings. The van der Waals surface area contributed by atoms with Crippen molar-refractivity contribution in [3.63, 3.8) is 0 Å². The third-order valence-corrected chi connectivity index (χ3v) is 5.47. The van der Waals surface area contributed by atoms with E-state index in [4.69, 9.17) is 4.74 Å². The minimum atomic E-state index is -1.24. The number of fused-ring (bicyclic) bond motifs is 1. The molecule has 0 saturated carbocycles. The number of carbonyl (C=O) groups is 3. The normalized spacial score (nSPS) is 13.2. The lowest BCUT2D eigenvalue weighted by Gasteiger charge is -2.12. The molecule has 0 fully saturated rings. The molecule has 0 atom stereocenters. The zero-order valence-electron chi connectivity index (χ0n) is 14.5. The predicted molar refractivity (Wildman–Crippen MR) is 95.0 cm³/mol.